The van der Waals surface area contributed by atoms with Gasteiger partial charge in [0.2, 0.25) is 11.8 Å². The van der Waals surface area contributed by atoms with Crippen LogP contribution in [0.3, 0.4) is 0 Å². The molecule has 0 spiro atoms. The molecular formula is C23H27BrN2O3. The van der Waals surface area contributed by atoms with Gasteiger partial charge in [0, 0.05) is 30.7 Å². The molecule has 1 heterocycles. The SMILES string of the molecule is CC(C)(C(=O)N1CCN(C(=O)CCOc2cccc(Br)c2)CC1)c1ccccc1. The zero-order valence-corrected chi connectivity index (χ0v) is 18.5. The minimum Gasteiger partial charge on any atom is -0.493 e. The summed E-state index contributed by atoms with van der Waals surface area (Å²) in [5, 5.41) is 0. The van der Waals surface area contributed by atoms with Gasteiger partial charge < -0.3 is 14.5 Å². The first-order valence-corrected chi connectivity index (χ1v) is 10.7. The molecule has 1 fully saturated rings. The van der Waals surface area contributed by atoms with Crippen molar-refractivity contribution in [2.75, 3.05) is 32.8 Å². The predicted octanol–water partition coefficient (Wildman–Crippen LogP) is 3.87. The van der Waals surface area contributed by atoms with Gasteiger partial charge in [-0.05, 0) is 37.6 Å². The molecule has 1 aliphatic rings. The lowest BCUT2D eigenvalue weighted by molar-refractivity contribution is -0.142. The number of benzene rings is 2. The summed E-state index contributed by atoms with van der Waals surface area (Å²) in [6.45, 7) is 6.51. The number of carbonyl (C=O) groups excluding carboxylic acids is 2. The molecule has 29 heavy (non-hydrogen) atoms. The van der Waals surface area contributed by atoms with Gasteiger partial charge in [0.25, 0.3) is 0 Å². The van der Waals surface area contributed by atoms with Crippen LogP contribution in [0.25, 0.3) is 0 Å². The molecule has 0 saturated carbocycles. The van der Waals surface area contributed by atoms with Crippen LogP contribution in [-0.4, -0.2) is 54.4 Å². The second-order valence-corrected chi connectivity index (χ2v) is 8.64. The molecule has 1 aliphatic heterocycles. The summed E-state index contributed by atoms with van der Waals surface area (Å²) < 4.78 is 6.60. The van der Waals surface area contributed by atoms with Gasteiger partial charge in [-0.2, -0.15) is 0 Å². The van der Waals surface area contributed by atoms with Gasteiger partial charge in [-0.1, -0.05) is 52.3 Å². The molecule has 6 heteroatoms. The summed E-state index contributed by atoms with van der Waals surface area (Å²) in [4.78, 5) is 29.2. The van der Waals surface area contributed by atoms with Gasteiger partial charge >= 0.3 is 0 Å². The first-order valence-electron chi connectivity index (χ1n) is 9.89. The van der Waals surface area contributed by atoms with Crippen molar-refractivity contribution >= 4 is 27.7 Å². The quantitative estimate of drug-likeness (QED) is 0.659. The Morgan fingerprint density at radius 3 is 2.28 bits per heavy atom. The molecule has 5 nitrogen and oxygen atoms in total. The third-order valence-corrected chi connectivity index (χ3v) is 5.82. The molecule has 0 unspecified atom stereocenters. The summed E-state index contributed by atoms with van der Waals surface area (Å²) in [6.07, 6.45) is 0.329. The number of hydrogen-bond donors (Lipinski definition) is 0. The first-order chi connectivity index (χ1) is 13.9. The Hall–Kier alpha value is -2.34. The van der Waals surface area contributed by atoms with Crippen molar-refractivity contribution in [2.24, 2.45) is 0 Å². The number of carbonyl (C=O) groups is 2. The van der Waals surface area contributed by atoms with E-state index in [0.717, 1.165) is 15.8 Å². The summed E-state index contributed by atoms with van der Waals surface area (Å²) in [7, 11) is 0. The Morgan fingerprint density at radius 2 is 1.62 bits per heavy atom. The second kappa shape index (κ2) is 9.44. The molecule has 1 saturated heterocycles. The third kappa shape index (κ3) is 5.38. The minimum absolute atomic E-state index is 0.0643. The van der Waals surface area contributed by atoms with E-state index < -0.39 is 5.41 Å². The maximum atomic E-state index is 13.1. The smallest absolute Gasteiger partial charge is 0.232 e. The Bertz CT molecular complexity index is 846. The molecule has 0 radical (unpaired) electrons. The van der Waals surface area contributed by atoms with Crippen molar-refractivity contribution in [2.45, 2.75) is 25.7 Å². The standard InChI is InChI=1S/C23H27BrN2O3/c1-23(2,18-7-4-3-5-8-18)22(28)26-14-12-25(13-15-26)21(27)11-16-29-20-10-6-9-19(24)17-20/h3-10,17H,11-16H2,1-2H3. The third-order valence-electron chi connectivity index (χ3n) is 5.33. The van der Waals surface area contributed by atoms with Gasteiger partial charge in [0.05, 0.1) is 18.4 Å². The van der Waals surface area contributed by atoms with Crippen LogP contribution in [0.4, 0.5) is 0 Å². The van der Waals surface area contributed by atoms with Crippen molar-refractivity contribution in [1.82, 2.24) is 9.80 Å². The average Bonchev–Trinajstić information content (AvgIpc) is 2.74. The Morgan fingerprint density at radius 1 is 0.966 bits per heavy atom. The molecule has 0 N–H and O–H groups in total. The van der Waals surface area contributed by atoms with E-state index in [4.69, 9.17) is 4.74 Å². The highest BCUT2D eigenvalue weighted by Crippen LogP contribution is 2.26. The maximum absolute atomic E-state index is 13.1. The van der Waals surface area contributed by atoms with E-state index in [1.54, 1.807) is 0 Å². The van der Waals surface area contributed by atoms with Gasteiger partial charge in [0.15, 0.2) is 0 Å². The number of rotatable bonds is 6. The molecule has 0 bridgehead atoms. The summed E-state index contributed by atoms with van der Waals surface area (Å²) in [6, 6.07) is 17.4. The lowest BCUT2D eigenvalue weighted by Gasteiger charge is -2.38. The van der Waals surface area contributed by atoms with Crippen LogP contribution in [0.5, 0.6) is 5.75 Å². The molecule has 2 amide bonds. The predicted molar refractivity (Wildman–Crippen MR) is 117 cm³/mol. The van der Waals surface area contributed by atoms with E-state index in [1.165, 1.54) is 0 Å². The molecular weight excluding hydrogens is 432 g/mol. The summed E-state index contributed by atoms with van der Waals surface area (Å²) in [5.74, 6) is 0.911. The summed E-state index contributed by atoms with van der Waals surface area (Å²) >= 11 is 3.40. The molecule has 0 atom stereocenters. The van der Waals surface area contributed by atoms with Gasteiger partial charge in [0.1, 0.15) is 5.75 Å². The Kier molecular flexibility index (Phi) is 6.96. The van der Waals surface area contributed by atoms with Crippen LogP contribution >= 0.6 is 15.9 Å². The maximum Gasteiger partial charge on any atom is 0.232 e. The van der Waals surface area contributed by atoms with E-state index in [2.05, 4.69) is 15.9 Å². The fraction of sp³-hybridized carbons (Fsp3) is 0.391. The highest BCUT2D eigenvalue weighted by atomic mass is 79.9. The van der Waals surface area contributed by atoms with Gasteiger partial charge in [-0.3, -0.25) is 9.59 Å². The van der Waals surface area contributed by atoms with Crippen molar-refractivity contribution < 1.29 is 14.3 Å². The zero-order valence-electron chi connectivity index (χ0n) is 16.9. The number of hydrogen-bond acceptors (Lipinski definition) is 3. The van der Waals surface area contributed by atoms with E-state index in [-0.39, 0.29) is 11.8 Å². The van der Waals surface area contributed by atoms with Crippen LogP contribution in [-0.2, 0) is 15.0 Å². The lowest BCUT2D eigenvalue weighted by Crippen LogP contribution is -2.54. The number of nitrogens with zero attached hydrogens (tertiary/aromatic N) is 2. The van der Waals surface area contributed by atoms with Gasteiger partial charge in [-0.15, -0.1) is 0 Å². The normalized spacial score (nSPS) is 14.6. The van der Waals surface area contributed by atoms with Gasteiger partial charge in [-0.25, -0.2) is 0 Å². The highest BCUT2D eigenvalue weighted by molar-refractivity contribution is 9.10. The summed E-state index contributed by atoms with van der Waals surface area (Å²) in [5.41, 5.74) is 0.429. The van der Waals surface area contributed by atoms with Crippen molar-refractivity contribution in [3.63, 3.8) is 0 Å². The van der Waals surface area contributed by atoms with Crippen molar-refractivity contribution in [1.29, 1.82) is 0 Å². The monoisotopic (exact) mass is 458 g/mol. The topological polar surface area (TPSA) is 49.9 Å². The van der Waals surface area contributed by atoms with E-state index in [0.29, 0.717) is 39.2 Å². The second-order valence-electron chi connectivity index (χ2n) is 7.72. The number of piperazine rings is 1. The fourth-order valence-corrected chi connectivity index (χ4v) is 3.88. The molecule has 3 rings (SSSR count). The van der Waals surface area contributed by atoms with Crippen LogP contribution in [0.1, 0.15) is 25.8 Å². The fourth-order valence-electron chi connectivity index (χ4n) is 3.50. The van der Waals surface area contributed by atoms with Crippen LogP contribution in [0.2, 0.25) is 0 Å². The molecule has 0 aromatic heterocycles. The number of amides is 2. The molecule has 154 valence electrons. The van der Waals surface area contributed by atoms with Crippen LogP contribution in [0.15, 0.2) is 59.1 Å². The first kappa shape index (κ1) is 21.4. The van der Waals surface area contributed by atoms with E-state index in [1.807, 2.05) is 78.2 Å². The average molecular weight is 459 g/mol. The van der Waals surface area contributed by atoms with Crippen LogP contribution < -0.4 is 4.74 Å². The van der Waals surface area contributed by atoms with Crippen LogP contribution in [0, 0.1) is 0 Å². The minimum atomic E-state index is -0.578. The molecule has 0 aliphatic carbocycles. The molecule has 2 aromatic carbocycles. The van der Waals surface area contributed by atoms with E-state index >= 15 is 0 Å². The largest absolute Gasteiger partial charge is 0.493 e. The van der Waals surface area contributed by atoms with Crippen molar-refractivity contribution in [3.8, 4) is 5.75 Å². The number of halogens is 1. The highest BCUT2D eigenvalue weighted by Gasteiger charge is 2.35. The molecule has 2 aromatic rings. The Labute approximate surface area is 180 Å². The number of ether oxygens (including phenoxy) is 1. The Balaban J connectivity index is 1.47. The van der Waals surface area contributed by atoms with Crippen molar-refractivity contribution in [3.05, 3.63) is 64.6 Å². The van der Waals surface area contributed by atoms with E-state index in [9.17, 15) is 9.59 Å². The lowest BCUT2D eigenvalue weighted by atomic mass is 9.83. The zero-order chi connectivity index (χ0) is 20.9.